The van der Waals surface area contributed by atoms with E-state index in [0.29, 0.717) is 18.9 Å². The van der Waals surface area contributed by atoms with Crippen LogP contribution in [0.5, 0.6) is 0 Å². The maximum Gasteiger partial charge on any atom is 0.389 e. The number of hydrogen-bond donors (Lipinski definition) is 1. The van der Waals surface area contributed by atoms with Crippen molar-refractivity contribution in [2.75, 3.05) is 13.7 Å². The summed E-state index contributed by atoms with van der Waals surface area (Å²) in [6.07, 6.45) is -2.77. The Morgan fingerprint density at radius 3 is 2.56 bits per heavy atom. The van der Waals surface area contributed by atoms with Crippen LogP contribution in [0.25, 0.3) is 0 Å². The molecule has 3 unspecified atom stereocenters. The van der Waals surface area contributed by atoms with Gasteiger partial charge >= 0.3 is 6.18 Å². The van der Waals surface area contributed by atoms with Gasteiger partial charge in [0.1, 0.15) is 0 Å². The quantitative estimate of drug-likeness (QED) is 0.796. The smallest absolute Gasteiger partial charge is 0.378 e. The molecule has 1 aliphatic heterocycles. The van der Waals surface area contributed by atoms with Crippen LogP contribution < -0.4 is 5.32 Å². The molecule has 0 bridgehead atoms. The van der Waals surface area contributed by atoms with Crippen molar-refractivity contribution in [3.63, 3.8) is 0 Å². The lowest BCUT2D eigenvalue weighted by molar-refractivity contribution is -0.136. The lowest BCUT2D eigenvalue weighted by Crippen LogP contribution is -2.34. The largest absolute Gasteiger partial charge is 0.389 e. The molecule has 1 rings (SSSR count). The van der Waals surface area contributed by atoms with E-state index in [2.05, 4.69) is 5.32 Å². The zero-order chi connectivity index (χ0) is 12.2. The van der Waals surface area contributed by atoms with E-state index < -0.39 is 12.6 Å². The fraction of sp³-hybridized carbons (Fsp3) is 1.00. The molecule has 0 aromatic rings. The third-order valence-electron chi connectivity index (χ3n) is 3.14. The Bertz CT molecular complexity index is 208. The van der Waals surface area contributed by atoms with E-state index in [1.54, 1.807) is 7.05 Å². The highest BCUT2D eigenvalue weighted by atomic mass is 19.4. The second-order valence-electron chi connectivity index (χ2n) is 4.54. The molecule has 0 amide bonds. The Hall–Kier alpha value is -0.290. The highest BCUT2D eigenvalue weighted by Gasteiger charge is 2.30. The molecule has 2 nitrogen and oxygen atoms in total. The Kier molecular flexibility index (Phi) is 5.05. The normalized spacial score (nSPS) is 28.3. The van der Waals surface area contributed by atoms with Crippen LogP contribution >= 0.6 is 0 Å². The predicted molar refractivity (Wildman–Crippen MR) is 56.3 cm³/mol. The molecule has 96 valence electrons. The SMILES string of the molecule is CNC(CCCC(F)(F)F)C1COC(C)C1. The molecule has 1 fully saturated rings. The van der Waals surface area contributed by atoms with E-state index >= 15 is 0 Å². The molecule has 1 saturated heterocycles. The summed E-state index contributed by atoms with van der Waals surface area (Å²) in [6, 6.07) is 0.146. The first-order chi connectivity index (χ1) is 7.42. The lowest BCUT2D eigenvalue weighted by Gasteiger charge is -2.22. The molecule has 5 heteroatoms. The van der Waals surface area contributed by atoms with Crippen LogP contribution in [0, 0.1) is 5.92 Å². The van der Waals surface area contributed by atoms with Crippen molar-refractivity contribution in [2.24, 2.45) is 5.92 Å². The molecular weight excluding hydrogens is 219 g/mol. The fourth-order valence-electron chi connectivity index (χ4n) is 2.27. The van der Waals surface area contributed by atoms with Gasteiger partial charge in [-0.1, -0.05) is 0 Å². The van der Waals surface area contributed by atoms with Crippen molar-refractivity contribution in [1.82, 2.24) is 5.32 Å². The molecule has 0 radical (unpaired) electrons. The number of hydrogen-bond acceptors (Lipinski definition) is 2. The number of halogens is 3. The van der Waals surface area contributed by atoms with Crippen molar-refractivity contribution < 1.29 is 17.9 Å². The number of nitrogens with one attached hydrogen (secondary N) is 1. The van der Waals surface area contributed by atoms with Crippen LogP contribution in [0.15, 0.2) is 0 Å². The van der Waals surface area contributed by atoms with Crippen LogP contribution in [-0.4, -0.2) is 32.0 Å². The minimum Gasteiger partial charge on any atom is -0.378 e. The van der Waals surface area contributed by atoms with E-state index in [1.165, 1.54) is 0 Å². The van der Waals surface area contributed by atoms with Gasteiger partial charge in [0.25, 0.3) is 0 Å². The molecule has 0 spiro atoms. The Morgan fingerprint density at radius 2 is 2.12 bits per heavy atom. The van der Waals surface area contributed by atoms with Gasteiger partial charge in [-0.15, -0.1) is 0 Å². The average Bonchev–Trinajstić information content (AvgIpc) is 2.58. The summed E-state index contributed by atoms with van der Waals surface area (Å²) in [5, 5.41) is 3.10. The molecule has 0 aromatic heterocycles. The van der Waals surface area contributed by atoms with Crippen molar-refractivity contribution in [3.05, 3.63) is 0 Å². The Labute approximate surface area is 94.5 Å². The fourth-order valence-corrected chi connectivity index (χ4v) is 2.27. The number of ether oxygens (including phenoxy) is 1. The minimum atomic E-state index is -4.03. The second kappa shape index (κ2) is 5.87. The predicted octanol–water partition coefficient (Wildman–Crippen LogP) is 2.73. The summed E-state index contributed by atoms with van der Waals surface area (Å²) in [4.78, 5) is 0. The van der Waals surface area contributed by atoms with Gasteiger partial charge in [0.2, 0.25) is 0 Å². The van der Waals surface area contributed by atoms with E-state index in [0.717, 1.165) is 6.42 Å². The molecule has 0 aromatic carbocycles. The van der Waals surface area contributed by atoms with Gasteiger partial charge in [-0.3, -0.25) is 0 Å². The summed E-state index contributed by atoms with van der Waals surface area (Å²) in [7, 11) is 1.81. The Balaban J connectivity index is 2.27. The summed E-state index contributed by atoms with van der Waals surface area (Å²) < 4.78 is 41.4. The standard InChI is InChI=1S/C11H20F3NO/c1-8-6-9(7-16-8)10(15-2)4-3-5-11(12,13)14/h8-10,15H,3-7H2,1-2H3. The van der Waals surface area contributed by atoms with Gasteiger partial charge in [0.15, 0.2) is 0 Å². The molecule has 0 aliphatic carbocycles. The monoisotopic (exact) mass is 239 g/mol. The first kappa shape index (κ1) is 13.8. The lowest BCUT2D eigenvalue weighted by atomic mass is 9.93. The zero-order valence-electron chi connectivity index (χ0n) is 9.81. The molecule has 3 atom stereocenters. The summed E-state index contributed by atoms with van der Waals surface area (Å²) in [6.45, 7) is 2.67. The highest BCUT2D eigenvalue weighted by Crippen LogP contribution is 2.27. The van der Waals surface area contributed by atoms with E-state index in [1.807, 2.05) is 6.92 Å². The molecule has 0 saturated carbocycles. The van der Waals surface area contributed by atoms with Crippen LogP contribution in [0.3, 0.4) is 0 Å². The van der Waals surface area contributed by atoms with Crippen molar-refractivity contribution in [1.29, 1.82) is 0 Å². The summed E-state index contributed by atoms with van der Waals surface area (Å²) >= 11 is 0. The van der Waals surface area contributed by atoms with Crippen LogP contribution in [0.1, 0.15) is 32.6 Å². The Morgan fingerprint density at radius 1 is 1.44 bits per heavy atom. The molecule has 1 aliphatic rings. The molecule has 16 heavy (non-hydrogen) atoms. The van der Waals surface area contributed by atoms with E-state index in [4.69, 9.17) is 4.74 Å². The zero-order valence-corrected chi connectivity index (χ0v) is 9.81. The van der Waals surface area contributed by atoms with Crippen LogP contribution in [0.2, 0.25) is 0 Å². The van der Waals surface area contributed by atoms with Crippen molar-refractivity contribution in [3.8, 4) is 0 Å². The van der Waals surface area contributed by atoms with Gasteiger partial charge in [-0.25, -0.2) is 0 Å². The van der Waals surface area contributed by atoms with Crippen LogP contribution in [0.4, 0.5) is 13.2 Å². The molecule has 1 heterocycles. The number of rotatable bonds is 5. The maximum absolute atomic E-state index is 12.0. The minimum absolute atomic E-state index is 0.146. The number of alkyl halides is 3. The van der Waals surface area contributed by atoms with Gasteiger partial charge in [-0.05, 0) is 33.2 Å². The van der Waals surface area contributed by atoms with Gasteiger partial charge < -0.3 is 10.1 Å². The average molecular weight is 239 g/mol. The van der Waals surface area contributed by atoms with Crippen LogP contribution in [-0.2, 0) is 4.74 Å². The first-order valence-electron chi connectivity index (χ1n) is 5.78. The molecule has 1 N–H and O–H groups in total. The van der Waals surface area contributed by atoms with Gasteiger partial charge in [-0.2, -0.15) is 13.2 Å². The third-order valence-corrected chi connectivity index (χ3v) is 3.14. The molecular formula is C11H20F3NO. The van der Waals surface area contributed by atoms with E-state index in [9.17, 15) is 13.2 Å². The van der Waals surface area contributed by atoms with Gasteiger partial charge in [0.05, 0.1) is 12.7 Å². The van der Waals surface area contributed by atoms with Crippen molar-refractivity contribution >= 4 is 0 Å². The van der Waals surface area contributed by atoms with E-state index in [-0.39, 0.29) is 18.6 Å². The third kappa shape index (κ3) is 4.70. The first-order valence-corrected chi connectivity index (χ1v) is 5.78. The topological polar surface area (TPSA) is 21.3 Å². The highest BCUT2D eigenvalue weighted by molar-refractivity contribution is 4.81. The summed E-state index contributed by atoms with van der Waals surface area (Å²) in [5.41, 5.74) is 0. The second-order valence-corrected chi connectivity index (χ2v) is 4.54. The van der Waals surface area contributed by atoms with Crippen molar-refractivity contribution in [2.45, 2.75) is 50.9 Å². The summed E-state index contributed by atoms with van der Waals surface area (Å²) in [5.74, 6) is 0.355. The maximum atomic E-state index is 12.0. The van der Waals surface area contributed by atoms with Gasteiger partial charge in [0, 0.05) is 18.4 Å².